The average molecular weight is 320 g/mol. The first-order valence-electron chi connectivity index (χ1n) is 8.78. The summed E-state index contributed by atoms with van der Waals surface area (Å²) in [7, 11) is 0. The fourth-order valence-electron chi connectivity index (χ4n) is 3.68. The molecule has 0 amide bonds. The number of anilines is 2. The van der Waals surface area contributed by atoms with Crippen molar-refractivity contribution in [2.45, 2.75) is 20.4 Å². The number of imidazole rings is 1. The number of aromatic nitrogens is 2. The smallest absolute Gasteiger partial charge is 0.206 e. The zero-order chi connectivity index (χ0) is 16.5. The topological polar surface area (TPSA) is 24.3 Å². The van der Waals surface area contributed by atoms with E-state index in [9.17, 15) is 0 Å². The van der Waals surface area contributed by atoms with Crippen LogP contribution in [0.15, 0.2) is 48.5 Å². The summed E-state index contributed by atoms with van der Waals surface area (Å²) in [4.78, 5) is 9.81. The lowest BCUT2D eigenvalue weighted by atomic mass is 10.1. The molecule has 3 aromatic rings. The van der Waals surface area contributed by atoms with Crippen molar-refractivity contribution in [1.82, 2.24) is 9.55 Å². The maximum absolute atomic E-state index is 4.89. The van der Waals surface area contributed by atoms with E-state index in [-0.39, 0.29) is 0 Å². The van der Waals surface area contributed by atoms with Gasteiger partial charge in [0.2, 0.25) is 5.95 Å². The van der Waals surface area contributed by atoms with Crippen LogP contribution < -0.4 is 9.80 Å². The molecular weight excluding hydrogens is 296 g/mol. The van der Waals surface area contributed by atoms with Crippen LogP contribution in [-0.4, -0.2) is 35.7 Å². The third-order valence-corrected chi connectivity index (χ3v) is 4.97. The Kier molecular flexibility index (Phi) is 3.89. The van der Waals surface area contributed by atoms with Crippen LogP contribution in [0.25, 0.3) is 11.0 Å². The van der Waals surface area contributed by atoms with Gasteiger partial charge in [-0.1, -0.05) is 30.3 Å². The lowest BCUT2D eigenvalue weighted by molar-refractivity contribution is 0.621. The van der Waals surface area contributed by atoms with Crippen LogP contribution in [0.5, 0.6) is 0 Å². The van der Waals surface area contributed by atoms with Crippen LogP contribution in [0.4, 0.5) is 11.6 Å². The number of fused-ring (bicyclic) bond motifs is 1. The second-order valence-electron chi connectivity index (χ2n) is 6.41. The third-order valence-electron chi connectivity index (χ3n) is 4.97. The van der Waals surface area contributed by atoms with E-state index in [0.717, 1.165) is 44.2 Å². The summed E-state index contributed by atoms with van der Waals surface area (Å²) in [5.74, 6) is 1.11. The first-order chi connectivity index (χ1) is 11.8. The van der Waals surface area contributed by atoms with Crippen LogP contribution >= 0.6 is 0 Å². The SMILES string of the molecule is CCn1c(N2CCN(c3ccccc3C)CC2)nc2ccccc21. The molecule has 1 aromatic heterocycles. The molecule has 24 heavy (non-hydrogen) atoms. The van der Waals surface area contributed by atoms with Gasteiger partial charge in [-0.15, -0.1) is 0 Å². The van der Waals surface area contributed by atoms with E-state index in [2.05, 4.69) is 76.7 Å². The van der Waals surface area contributed by atoms with Gasteiger partial charge >= 0.3 is 0 Å². The maximum Gasteiger partial charge on any atom is 0.206 e. The first-order valence-corrected chi connectivity index (χ1v) is 8.78. The van der Waals surface area contributed by atoms with Crippen molar-refractivity contribution in [1.29, 1.82) is 0 Å². The van der Waals surface area contributed by atoms with Crippen molar-refractivity contribution in [2.24, 2.45) is 0 Å². The Bertz CT molecular complexity index is 844. The molecule has 0 aliphatic carbocycles. The molecule has 1 aliphatic rings. The van der Waals surface area contributed by atoms with Gasteiger partial charge in [0.15, 0.2) is 0 Å². The predicted octanol–water partition coefficient (Wildman–Crippen LogP) is 3.69. The van der Waals surface area contributed by atoms with Gasteiger partial charge in [-0.05, 0) is 37.6 Å². The Morgan fingerprint density at radius 3 is 2.29 bits per heavy atom. The summed E-state index contributed by atoms with van der Waals surface area (Å²) in [6.07, 6.45) is 0. The summed E-state index contributed by atoms with van der Waals surface area (Å²) >= 11 is 0. The van der Waals surface area contributed by atoms with Crippen LogP contribution in [0.3, 0.4) is 0 Å². The monoisotopic (exact) mass is 320 g/mol. The van der Waals surface area contributed by atoms with Crippen LogP contribution in [0.2, 0.25) is 0 Å². The molecule has 1 aliphatic heterocycles. The molecule has 0 spiro atoms. The van der Waals surface area contributed by atoms with E-state index < -0.39 is 0 Å². The minimum Gasteiger partial charge on any atom is -0.368 e. The standard InChI is InChI=1S/C20H24N4/c1-3-24-19-11-7-5-9-17(19)21-20(24)23-14-12-22(13-15-23)18-10-6-4-8-16(18)2/h4-11H,3,12-15H2,1-2H3. The summed E-state index contributed by atoms with van der Waals surface area (Å²) in [5.41, 5.74) is 5.04. The molecule has 1 fully saturated rings. The highest BCUT2D eigenvalue weighted by atomic mass is 15.4. The molecule has 2 heterocycles. The highest BCUT2D eigenvalue weighted by molar-refractivity contribution is 5.79. The number of hydrogen-bond donors (Lipinski definition) is 0. The quantitative estimate of drug-likeness (QED) is 0.735. The van der Waals surface area contributed by atoms with E-state index in [1.165, 1.54) is 16.8 Å². The molecule has 0 radical (unpaired) electrons. The highest BCUT2D eigenvalue weighted by Crippen LogP contribution is 2.26. The number of hydrogen-bond acceptors (Lipinski definition) is 3. The Morgan fingerprint density at radius 1 is 0.875 bits per heavy atom. The number of piperazine rings is 1. The molecule has 4 heteroatoms. The van der Waals surface area contributed by atoms with Crippen LogP contribution in [0.1, 0.15) is 12.5 Å². The second kappa shape index (κ2) is 6.19. The number of aryl methyl sites for hydroxylation is 2. The minimum atomic E-state index is 0.952. The molecule has 4 nitrogen and oxygen atoms in total. The van der Waals surface area contributed by atoms with Crippen molar-refractivity contribution >= 4 is 22.7 Å². The summed E-state index contributed by atoms with van der Waals surface area (Å²) < 4.78 is 2.33. The van der Waals surface area contributed by atoms with Crippen LogP contribution in [-0.2, 0) is 6.54 Å². The van der Waals surface area contributed by atoms with Gasteiger partial charge in [0.25, 0.3) is 0 Å². The second-order valence-corrected chi connectivity index (χ2v) is 6.41. The van der Waals surface area contributed by atoms with Gasteiger partial charge < -0.3 is 14.4 Å². The van der Waals surface area contributed by atoms with E-state index in [0.29, 0.717) is 0 Å². The lowest BCUT2D eigenvalue weighted by Gasteiger charge is -2.37. The van der Waals surface area contributed by atoms with Gasteiger partial charge in [0.05, 0.1) is 11.0 Å². The Hall–Kier alpha value is -2.49. The average Bonchev–Trinajstić information content (AvgIpc) is 3.01. The molecule has 0 unspecified atom stereocenters. The fourth-order valence-corrected chi connectivity index (χ4v) is 3.68. The first kappa shape index (κ1) is 15.1. The van der Waals surface area contributed by atoms with Gasteiger partial charge in [0.1, 0.15) is 0 Å². The molecule has 0 atom stereocenters. The molecule has 0 bridgehead atoms. The Balaban J connectivity index is 1.57. The highest BCUT2D eigenvalue weighted by Gasteiger charge is 2.22. The van der Waals surface area contributed by atoms with Gasteiger partial charge in [-0.3, -0.25) is 0 Å². The largest absolute Gasteiger partial charge is 0.368 e. The van der Waals surface area contributed by atoms with Gasteiger partial charge in [0, 0.05) is 38.4 Å². The van der Waals surface area contributed by atoms with Crippen molar-refractivity contribution in [3.8, 4) is 0 Å². The van der Waals surface area contributed by atoms with E-state index in [1.54, 1.807) is 0 Å². The van der Waals surface area contributed by atoms with Crippen molar-refractivity contribution in [3.05, 3.63) is 54.1 Å². The minimum absolute atomic E-state index is 0.952. The fraction of sp³-hybridized carbons (Fsp3) is 0.350. The number of rotatable bonds is 3. The molecule has 0 N–H and O–H groups in total. The molecule has 1 saturated heterocycles. The van der Waals surface area contributed by atoms with Crippen molar-refractivity contribution < 1.29 is 0 Å². The van der Waals surface area contributed by atoms with E-state index >= 15 is 0 Å². The van der Waals surface area contributed by atoms with Crippen molar-refractivity contribution in [2.75, 3.05) is 36.0 Å². The normalized spacial score (nSPS) is 15.2. The van der Waals surface area contributed by atoms with Crippen molar-refractivity contribution in [3.63, 3.8) is 0 Å². The van der Waals surface area contributed by atoms with Gasteiger partial charge in [-0.2, -0.15) is 0 Å². The number of para-hydroxylation sites is 3. The number of benzene rings is 2. The summed E-state index contributed by atoms with van der Waals surface area (Å²) in [6, 6.07) is 17.1. The Labute approximate surface area is 143 Å². The molecular formula is C20H24N4. The molecule has 124 valence electrons. The zero-order valence-corrected chi connectivity index (χ0v) is 14.4. The molecule has 4 rings (SSSR count). The molecule has 0 saturated carbocycles. The van der Waals surface area contributed by atoms with E-state index in [4.69, 9.17) is 4.98 Å². The number of nitrogens with zero attached hydrogens (tertiary/aromatic N) is 4. The maximum atomic E-state index is 4.89. The lowest BCUT2D eigenvalue weighted by Crippen LogP contribution is -2.47. The summed E-state index contributed by atoms with van der Waals surface area (Å²) in [5, 5.41) is 0. The van der Waals surface area contributed by atoms with E-state index in [1.807, 2.05) is 0 Å². The van der Waals surface area contributed by atoms with Crippen LogP contribution in [0, 0.1) is 6.92 Å². The third kappa shape index (κ3) is 2.52. The van der Waals surface area contributed by atoms with Gasteiger partial charge in [-0.25, -0.2) is 4.98 Å². The summed E-state index contributed by atoms with van der Waals surface area (Å²) in [6.45, 7) is 9.44. The molecule has 2 aromatic carbocycles. The zero-order valence-electron chi connectivity index (χ0n) is 14.4. The predicted molar refractivity (Wildman–Crippen MR) is 101 cm³/mol. The Morgan fingerprint density at radius 2 is 1.54 bits per heavy atom.